The number of ether oxygens (including phenoxy) is 3. The van der Waals surface area contributed by atoms with Crippen molar-refractivity contribution in [2.45, 2.75) is 19.6 Å². The first-order valence-electron chi connectivity index (χ1n) is 10.6. The molecule has 2 aromatic carbocycles. The normalized spacial score (nSPS) is 15.4. The first kappa shape index (κ1) is 21.9. The van der Waals surface area contributed by atoms with Crippen molar-refractivity contribution in [1.29, 1.82) is 0 Å². The van der Waals surface area contributed by atoms with Crippen LogP contribution in [-0.4, -0.2) is 44.5 Å². The largest absolute Gasteiger partial charge is 0.491 e. The average Bonchev–Trinajstić information content (AvgIpc) is 3.47. The van der Waals surface area contributed by atoms with Gasteiger partial charge in [-0.05, 0) is 36.2 Å². The zero-order chi connectivity index (χ0) is 22.3. The van der Waals surface area contributed by atoms with Crippen LogP contribution in [0.25, 0.3) is 22.8 Å². The molecule has 1 aromatic heterocycles. The number of oxazole rings is 1. The van der Waals surface area contributed by atoms with E-state index in [9.17, 15) is 4.79 Å². The lowest BCUT2D eigenvalue weighted by Crippen LogP contribution is -2.21. The van der Waals surface area contributed by atoms with Crippen LogP contribution in [0.5, 0.6) is 5.75 Å². The molecule has 2 heterocycles. The molecule has 0 bridgehead atoms. The Bertz CT molecular complexity index is 1070. The summed E-state index contributed by atoms with van der Waals surface area (Å²) in [5.41, 5.74) is 3.63. The molecule has 3 aromatic rings. The fourth-order valence-electron chi connectivity index (χ4n) is 3.61. The number of benzene rings is 2. The van der Waals surface area contributed by atoms with Crippen LogP contribution in [-0.2, 0) is 16.1 Å². The van der Waals surface area contributed by atoms with Crippen molar-refractivity contribution in [3.8, 4) is 28.5 Å². The highest BCUT2D eigenvalue weighted by Crippen LogP contribution is 2.33. The third-order valence-electron chi connectivity index (χ3n) is 5.12. The minimum Gasteiger partial charge on any atom is -0.491 e. The van der Waals surface area contributed by atoms with E-state index in [1.54, 1.807) is 13.3 Å². The molecule has 1 fully saturated rings. The van der Waals surface area contributed by atoms with Gasteiger partial charge in [0.25, 0.3) is 0 Å². The van der Waals surface area contributed by atoms with Gasteiger partial charge < -0.3 is 29.3 Å². The Morgan fingerprint density at radius 2 is 2.06 bits per heavy atom. The quantitative estimate of drug-likeness (QED) is 0.467. The Balaban J connectivity index is 1.63. The average molecular weight is 437 g/mol. The monoisotopic (exact) mass is 437 g/mol. The zero-order valence-corrected chi connectivity index (χ0v) is 18.2. The molecule has 1 saturated heterocycles. The number of carbonyl (C=O) groups excluding carboxylic acids is 1. The molecule has 8 heteroatoms. The smallest absolute Gasteiger partial charge is 0.315 e. The molecule has 2 N–H and O–H groups in total. The summed E-state index contributed by atoms with van der Waals surface area (Å²) in [5.74, 6) is 1.82. The molecule has 4 rings (SSSR count). The molecule has 2 amide bonds. The topological polar surface area (TPSA) is 94.9 Å². The molecule has 8 nitrogen and oxygen atoms in total. The van der Waals surface area contributed by atoms with E-state index in [2.05, 4.69) is 15.6 Å². The molecule has 0 aliphatic carbocycles. The summed E-state index contributed by atoms with van der Waals surface area (Å²) in [4.78, 5) is 16.1. The van der Waals surface area contributed by atoms with Crippen LogP contribution in [0.15, 0.2) is 53.1 Å². The standard InChI is InChI=1S/C24H27N3O5/c1-3-30-15-16-10-17(12-18(11-16)31-9-8-29-2)23-25-14-22(32-23)20-7-5-4-6-19(20)21-13-26-24(28)27-21/h4-7,10-12,14,21H,3,8-9,13,15H2,1-2H3,(H2,26,27,28). The number of amides is 2. The van der Waals surface area contributed by atoms with E-state index < -0.39 is 0 Å². The third-order valence-corrected chi connectivity index (χ3v) is 5.12. The molecule has 1 atom stereocenters. The lowest BCUT2D eigenvalue weighted by atomic mass is 9.99. The van der Waals surface area contributed by atoms with E-state index in [0.29, 0.717) is 50.4 Å². The summed E-state index contributed by atoms with van der Waals surface area (Å²) in [6.07, 6.45) is 1.71. The van der Waals surface area contributed by atoms with Gasteiger partial charge in [-0.25, -0.2) is 9.78 Å². The number of hydrogen-bond donors (Lipinski definition) is 2. The number of nitrogens with one attached hydrogen (secondary N) is 2. The fourth-order valence-corrected chi connectivity index (χ4v) is 3.61. The second-order valence-electron chi connectivity index (χ2n) is 7.37. The van der Waals surface area contributed by atoms with E-state index in [1.165, 1.54) is 0 Å². The van der Waals surface area contributed by atoms with Crippen LogP contribution >= 0.6 is 0 Å². The Hall–Kier alpha value is -3.36. The van der Waals surface area contributed by atoms with Gasteiger partial charge in [-0.15, -0.1) is 0 Å². The summed E-state index contributed by atoms with van der Waals surface area (Å²) in [7, 11) is 1.64. The van der Waals surface area contributed by atoms with Gasteiger partial charge in [0.15, 0.2) is 5.76 Å². The van der Waals surface area contributed by atoms with E-state index >= 15 is 0 Å². The Kier molecular flexibility index (Phi) is 7.03. The second kappa shape index (κ2) is 10.3. The summed E-state index contributed by atoms with van der Waals surface area (Å²) in [6, 6.07) is 13.4. The van der Waals surface area contributed by atoms with Crippen molar-refractivity contribution < 1.29 is 23.4 Å². The summed E-state index contributed by atoms with van der Waals surface area (Å²) in [5, 5.41) is 5.72. The minimum absolute atomic E-state index is 0.123. The minimum atomic E-state index is -0.171. The highest BCUT2D eigenvalue weighted by atomic mass is 16.5. The molecule has 168 valence electrons. The predicted molar refractivity (Wildman–Crippen MR) is 119 cm³/mol. The maximum Gasteiger partial charge on any atom is 0.315 e. The second-order valence-corrected chi connectivity index (χ2v) is 7.37. The van der Waals surface area contributed by atoms with Gasteiger partial charge in [0, 0.05) is 31.4 Å². The number of nitrogens with zero attached hydrogens (tertiary/aromatic N) is 1. The molecule has 32 heavy (non-hydrogen) atoms. The van der Waals surface area contributed by atoms with Gasteiger partial charge in [0.2, 0.25) is 5.89 Å². The Morgan fingerprint density at radius 1 is 1.19 bits per heavy atom. The molecular formula is C24H27N3O5. The zero-order valence-electron chi connectivity index (χ0n) is 18.2. The van der Waals surface area contributed by atoms with Crippen LogP contribution in [0.1, 0.15) is 24.1 Å². The lowest BCUT2D eigenvalue weighted by molar-refractivity contribution is 0.133. The van der Waals surface area contributed by atoms with Crippen LogP contribution < -0.4 is 15.4 Å². The number of methoxy groups -OCH3 is 1. The maximum atomic E-state index is 11.6. The maximum absolute atomic E-state index is 11.6. The lowest BCUT2D eigenvalue weighted by Gasteiger charge is -2.13. The number of aromatic nitrogens is 1. The van der Waals surface area contributed by atoms with Crippen molar-refractivity contribution in [1.82, 2.24) is 15.6 Å². The highest BCUT2D eigenvalue weighted by Gasteiger charge is 2.25. The highest BCUT2D eigenvalue weighted by molar-refractivity contribution is 5.78. The van der Waals surface area contributed by atoms with E-state index in [4.69, 9.17) is 18.6 Å². The number of hydrogen-bond acceptors (Lipinski definition) is 6. The van der Waals surface area contributed by atoms with E-state index in [-0.39, 0.29) is 12.1 Å². The Morgan fingerprint density at radius 3 is 2.84 bits per heavy atom. The number of rotatable bonds is 10. The SMILES string of the molecule is CCOCc1cc(OCCOC)cc(-c2ncc(-c3ccccc3C3CNC(=O)N3)o2)c1. The summed E-state index contributed by atoms with van der Waals surface area (Å²) < 4.78 is 22.6. The molecule has 1 aliphatic rings. The first-order valence-corrected chi connectivity index (χ1v) is 10.6. The van der Waals surface area contributed by atoms with Crippen molar-refractivity contribution in [3.05, 3.63) is 59.8 Å². The molecular weight excluding hydrogens is 410 g/mol. The van der Waals surface area contributed by atoms with Gasteiger partial charge in [0.1, 0.15) is 12.4 Å². The molecule has 0 radical (unpaired) electrons. The fraction of sp³-hybridized carbons (Fsp3) is 0.333. The first-order chi connectivity index (χ1) is 15.7. The van der Waals surface area contributed by atoms with Crippen molar-refractivity contribution in [3.63, 3.8) is 0 Å². The molecule has 0 saturated carbocycles. The van der Waals surface area contributed by atoms with Gasteiger partial charge in [-0.3, -0.25) is 0 Å². The molecule has 1 aliphatic heterocycles. The predicted octanol–water partition coefficient (Wildman–Crippen LogP) is 3.92. The van der Waals surface area contributed by atoms with Gasteiger partial charge in [-0.2, -0.15) is 0 Å². The number of urea groups is 1. The number of carbonyl (C=O) groups is 1. The van der Waals surface area contributed by atoms with Crippen LogP contribution in [0.2, 0.25) is 0 Å². The van der Waals surface area contributed by atoms with Crippen molar-refractivity contribution >= 4 is 6.03 Å². The Labute approximate surface area is 186 Å². The van der Waals surface area contributed by atoms with Crippen molar-refractivity contribution in [2.24, 2.45) is 0 Å². The van der Waals surface area contributed by atoms with Crippen LogP contribution in [0.4, 0.5) is 4.79 Å². The molecule has 0 spiro atoms. The van der Waals surface area contributed by atoms with Gasteiger partial charge in [-0.1, -0.05) is 24.3 Å². The third kappa shape index (κ3) is 5.09. The molecule has 1 unspecified atom stereocenters. The van der Waals surface area contributed by atoms with Crippen molar-refractivity contribution in [2.75, 3.05) is 33.5 Å². The van der Waals surface area contributed by atoms with Crippen LogP contribution in [0, 0.1) is 0 Å². The van der Waals surface area contributed by atoms with E-state index in [1.807, 2.05) is 49.4 Å². The van der Waals surface area contributed by atoms with Crippen LogP contribution in [0.3, 0.4) is 0 Å². The summed E-state index contributed by atoms with van der Waals surface area (Å²) >= 11 is 0. The van der Waals surface area contributed by atoms with Gasteiger partial charge >= 0.3 is 6.03 Å². The van der Waals surface area contributed by atoms with Gasteiger partial charge in [0.05, 0.1) is 25.5 Å². The van der Waals surface area contributed by atoms with E-state index in [0.717, 1.165) is 22.3 Å². The summed E-state index contributed by atoms with van der Waals surface area (Å²) in [6.45, 7) is 4.52.